The van der Waals surface area contributed by atoms with Gasteiger partial charge in [0.05, 0.1) is 14.2 Å². The van der Waals surface area contributed by atoms with Gasteiger partial charge in [0.2, 0.25) is 0 Å². The van der Waals surface area contributed by atoms with Gasteiger partial charge in [-0.3, -0.25) is 4.79 Å². The maximum atomic E-state index is 12.0. The molecule has 2 rings (SSSR count). The Balaban J connectivity index is 2.02. The first-order valence-electron chi connectivity index (χ1n) is 6.48. The highest BCUT2D eigenvalue weighted by Crippen LogP contribution is 2.27. The van der Waals surface area contributed by atoms with Crippen LogP contribution in [0.25, 0.3) is 0 Å². The van der Waals surface area contributed by atoms with Crippen molar-refractivity contribution in [2.75, 3.05) is 20.0 Å². The van der Waals surface area contributed by atoms with E-state index in [-0.39, 0.29) is 5.91 Å². The van der Waals surface area contributed by atoms with E-state index in [0.717, 1.165) is 5.56 Å². The Hall–Kier alpha value is -2.69. The van der Waals surface area contributed by atoms with Crippen LogP contribution in [0.3, 0.4) is 0 Å². The lowest BCUT2D eigenvalue weighted by atomic mass is 10.1. The molecule has 0 atom stereocenters. The van der Waals surface area contributed by atoms with Crippen LogP contribution in [0, 0.1) is 0 Å². The summed E-state index contributed by atoms with van der Waals surface area (Å²) in [6, 6.07) is 12.3. The summed E-state index contributed by atoms with van der Waals surface area (Å²) in [7, 11) is 3.16. The van der Waals surface area contributed by atoms with Crippen LogP contribution in [-0.4, -0.2) is 20.1 Å². The molecule has 5 heteroatoms. The number of anilines is 1. The van der Waals surface area contributed by atoms with Crippen molar-refractivity contribution in [3.63, 3.8) is 0 Å². The summed E-state index contributed by atoms with van der Waals surface area (Å²) < 4.78 is 10.4. The Labute approximate surface area is 123 Å². The molecular formula is C16H18N2O3. The predicted molar refractivity (Wildman–Crippen MR) is 81.6 cm³/mol. The topological polar surface area (TPSA) is 73.6 Å². The van der Waals surface area contributed by atoms with Crippen molar-refractivity contribution in [1.29, 1.82) is 0 Å². The number of hydrogen-bond acceptors (Lipinski definition) is 4. The summed E-state index contributed by atoms with van der Waals surface area (Å²) in [6.45, 7) is 0.406. The van der Waals surface area contributed by atoms with Gasteiger partial charge < -0.3 is 20.5 Å². The van der Waals surface area contributed by atoms with Crippen LogP contribution >= 0.6 is 0 Å². The number of hydrogen-bond donors (Lipinski definition) is 2. The van der Waals surface area contributed by atoms with Crippen molar-refractivity contribution < 1.29 is 14.3 Å². The number of methoxy groups -OCH3 is 2. The third kappa shape index (κ3) is 3.66. The SMILES string of the molecule is COc1ccc(CNC(=O)c2ccc(N)cc2)cc1OC. The van der Waals surface area contributed by atoms with E-state index in [4.69, 9.17) is 15.2 Å². The molecule has 5 nitrogen and oxygen atoms in total. The second-order valence-corrected chi connectivity index (χ2v) is 4.49. The number of rotatable bonds is 5. The molecule has 0 unspecified atom stereocenters. The number of ether oxygens (including phenoxy) is 2. The van der Waals surface area contributed by atoms with E-state index in [1.165, 1.54) is 0 Å². The van der Waals surface area contributed by atoms with Crippen LogP contribution in [0.15, 0.2) is 42.5 Å². The normalized spacial score (nSPS) is 10.0. The monoisotopic (exact) mass is 286 g/mol. The highest BCUT2D eigenvalue weighted by atomic mass is 16.5. The molecule has 0 aromatic heterocycles. The molecule has 21 heavy (non-hydrogen) atoms. The maximum absolute atomic E-state index is 12.0. The van der Waals surface area contributed by atoms with Gasteiger partial charge in [-0.2, -0.15) is 0 Å². The van der Waals surface area contributed by atoms with Gasteiger partial charge in [-0.1, -0.05) is 6.07 Å². The van der Waals surface area contributed by atoms with Crippen molar-refractivity contribution in [2.45, 2.75) is 6.54 Å². The average Bonchev–Trinajstić information content (AvgIpc) is 2.52. The van der Waals surface area contributed by atoms with Gasteiger partial charge in [-0.15, -0.1) is 0 Å². The molecule has 0 aliphatic heterocycles. The molecular weight excluding hydrogens is 268 g/mol. The van der Waals surface area contributed by atoms with Gasteiger partial charge in [-0.05, 0) is 42.0 Å². The van der Waals surface area contributed by atoms with Gasteiger partial charge >= 0.3 is 0 Å². The van der Waals surface area contributed by atoms with Crippen LogP contribution in [0.2, 0.25) is 0 Å². The van der Waals surface area contributed by atoms with E-state index in [1.54, 1.807) is 38.5 Å². The quantitative estimate of drug-likeness (QED) is 0.827. The van der Waals surface area contributed by atoms with E-state index in [9.17, 15) is 4.79 Å². The molecule has 110 valence electrons. The molecule has 0 saturated heterocycles. The lowest BCUT2D eigenvalue weighted by Crippen LogP contribution is -2.22. The van der Waals surface area contributed by atoms with Gasteiger partial charge in [0, 0.05) is 17.8 Å². The summed E-state index contributed by atoms with van der Waals surface area (Å²) in [5.41, 5.74) is 7.73. The van der Waals surface area contributed by atoms with Crippen molar-refractivity contribution in [3.8, 4) is 11.5 Å². The molecule has 0 bridgehead atoms. The number of amides is 1. The number of carbonyl (C=O) groups excluding carboxylic acids is 1. The first kappa shape index (κ1) is 14.7. The Morgan fingerprint density at radius 2 is 1.71 bits per heavy atom. The van der Waals surface area contributed by atoms with Gasteiger partial charge in [0.25, 0.3) is 5.91 Å². The van der Waals surface area contributed by atoms with E-state index >= 15 is 0 Å². The largest absolute Gasteiger partial charge is 0.493 e. The molecule has 0 heterocycles. The van der Waals surface area contributed by atoms with Gasteiger partial charge in [-0.25, -0.2) is 0 Å². The number of nitrogens with one attached hydrogen (secondary N) is 1. The average molecular weight is 286 g/mol. The molecule has 2 aromatic carbocycles. The fraction of sp³-hybridized carbons (Fsp3) is 0.188. The molecule has 1 amide bonds. The van der Waals surface area contributed by atoms with E-state index in [0.29, 0.717) is 29.3 Å². The standard InChI is InChI=1S/C16H18N2O3/c1-20-14-8-3-11(9-15(14)21-2)10-18-16(19)12-4-6-13(17)7-5-12/h3-9H,10,17H2,1-2H3,(H,18,19). The van der Waals surface area contributed by atoms with Crippen LogP contribution in [0.4, 0.5) is 5.69 Å². The summed E-state index contributed by atoms with van der Waals surface area (Å²) in [5, 5.41) is 2.85. The fourth-order valence-electron chi connectivity index (χ4n) is 1.91. The third-order valence-corrected chi connectivity index (χ3v) is 3.07. The smallest absolute Gasteiger partial charge is 0.251 e. The van der Waals surface area contributed by atoms with Gasteiger partial charge in [0.15, 0.2) is 11.5 Å². The van der Waals surface area contributed by atoms with E-state index in [1.807, 2.05) is 18.2 Å². The molecule has 0 fully saturated rings. The number of nitrogens with two attached hydrogens (primary N) is 1. The molecule has 2 aromatic rings. The third-order valence-electron chi connectivity index (χ3n) is 3.07. The Bertz CT molecular complexity index is 624. The van der Waals surface area contributed by atoms with Crippen molar-refractivity contribution in [3.05, 3.63) is 53.6 Å². The van der Waals surface area contributed by atoms with Crippen molar-refractivity contribution in [1.82, 2.24) is 5.32 Å². The zero-order chi connectivity index (χ0) is 15.2. The maximum Gasteiger partial charge on any atom is 0.251 e. The molecule has 0 radical (unpaired) electrons. The van der Waals surface area contributed by atoms with Crippen molar-refractivity contribution >= 4 is 11.6 Å². The van der Waals surface area contributed by atoms with Crippen LogP contribution in [-0.2, 0) is 6.54 Å². The fourth-order valence-corrected chi connectivity index (χ4v) is 1.91. The second kappa shape index (κ2) is 6.65. The molecule has 0 spiro atoms. The Kier molecular flexibility index (Phi) is 4.66. The number of nitrogen functional groups attached to an aromatic ring is 1. The van der Waals surface area contributed by atoms with Gasteiger partial charge in [0.1, 0.15) is 0 Å². The second-order valence-electron chi connectivity index (χ2n) is 4.49. The first-order valence-corrected chi connectivity index (χ1v) is 6.48. The summed E-state index contributed by atoms with van der Waals surface area (Å²) in [4.78, 5) is 12.0. The number of carbonyl (C=O) groups is 1. The lowest BCUT2D eigenvalue weighted by Gasteiger charge is -2.10. The van der Waals surface area contributed by atoms with Crippen molar-refractivity contribution in [2.24, 2.45) is 0 Å². The molecule has 0 aliphatic carbocycles. The molecule has 0 saturated carbocycles. The summed E-state index contributed by atoms with van der Waals surface area (Å²) >= 11 is 0. The minimum Gasteiger partial charge on any atom is -0.493 e. The Morgan fingerprint density at radius 3 is 2.33 bits per heavy atom. The predicted octanol–water partition coefficient (Wildman–Crippen LogP) is 2.22. The van der Waals surface area contributed by atoms with E-state index in [2.05, 4.69) is 5.32 Å². The Morgan fingerprint density at radius 1 is 1.05 bits per heavy atom. The highest BCUT2D eigenvalue weighted by molar-refractivity contribution is 5.94. The zero-order valence-electron chi connectivity index (χ0n) is 12.1. The van der Waals surface area contributed by atoms with E-state index < -0.39 is 0 Å². The number of benzene rings is 2. The zero-order valence-corrected chi connectivity index (χ0v) is 12.1. The highest BCUT2D eigenvalue weighted by Gasteiger charge is 2.07. The van der Waals surface area contributed by atoms with Crippen LogP contribution < -0.4 is 20.5 Å². The minimum absolute atomic E-state index is 0.148. The van der Waals surface area contributed by atoms with Crippen LogP contribution in [0.1, 0.15) is 15.9 Å². The summed E-state index contributed by atoms with van der Waals surface area (Å²) in [5.74, 6) is 1.15. The first-order chi connectivity index (χ1) is 10.1. The van der Waals surface area contributed by atoms with Crippen LogP contribution in [0.5, 0.6) is 11.5 Å². The molecule has 3 N–H and O–H groups in total. The minimum atomic E-state index is -0.148. The molecule has 0 aliphatic rings. The lowest BCUT2D eigenvalue weighted by molar-refractivity contribution is 0.0951. The summed E-state index contributed by atoms with van der Waals surface area (Å²) in [6.07, 6.45) is 0.